The number of hydrogen-bond acceptors (Lipinski definition) is 3. The summed E-state index contributed by atoms with van der Waals surface area (Å²) in [6, 6.07) is 0. The molecule has 2 atom stereocenters. The molecule has 0 radical (unpaired) electrons. The Morgan fingerprint density at radius 2 is 1.36 bits per heavy atom. The molecule has 4 bridgehead atoms. The van der Waals surface area contributed by atoms with Crippen molar-refractivity contribution in [2.75, 3.05) is 0 Å². The first-order valence-corrected chi connectivity index (χ1v) is 9.45. The van der Waals surface area contributed by atoms with Gasteiger partial charge >= 0.3 is 5.97 Å². The number of nitrogens with one attached hydrogen (secondary N) is 2. The second kappa shape index (κ2) is 6.15. The number of rotatable bonds is 3. The molecule has 2 amide bonds. The Morgan fingerprint density at radius 1 is 0.840 bits per heavy atom. The molecule has 5 aliphatic rings. The lowest BCUT2D eigenvalue weighted by atomic mass is 9.49. The predicted octanol–water partition coefficient (Wildman–Crippen LogP) is 2.02. The highest BCUT2D eigenvalue weighted by Gasteiger charge is 2.54. The Bertz CT molecular complexity index is 592. The van der Waals surface area contributed by atoms with E-state index < -0.39 is 23.7 Å². The van der Waals surface area contributed by atoms with Crippen LogP contribution in [0.25, 0.3) is 0 Å². The number of hydrazine groups is 1. The fraction of sp³-hybridized carbons (Fsp3) is 0.737. The number of carbonyl (C=O) groups is 3. The normalized spacial score (nSPS) is 41.4. The molecule has 0 spiro atoms. The molecule has 4 saturated carbocycles. The standard InChI is InChI=1S/C19H26N2O4/c22-16(14-3-1-2-4-15(14)17(23)24)20-21-18(25)19-8-11-5-12(9-19)7-13(6-11)10-19/h1-2,11-15H,3-10H2,(H,20,22)(H,21,25)(H,23,24)/t11?,12?,13?,14-,15-,19?/m1/s1. The van der Waals surface area contributed by atoms with Gasteiger partial charge in [-0.25, -0.2) is 0 Å². The Hall–Kier alpha value is -1.85. The molecule has 0 heterocycles. The molecule has 0 aromatic rings. The van der Waals surface area contributed by atoms with E-state index in [1.165, 1.54) is 19.3 Å². The number of amides is 2. The summed E-state index contributed by atoms with van der Waals surface area (Å²) in [5.74, 6) is -0.793. The van der Waals surface area contributed by atoms with Gasteiger partial charge in [-0.3, -0.25) is 25.2 Å². The van der Waals surface area contributed by atoms with Crippen LogP contribution >= 0.6 is 0 Å². The molecule has 136 valence electrons. The molecule has 25 heavy (non-hydrogen) atoms. The maximum Gasteiger partial charge on any atom is 0.307 e. The van der Waals surface area contributed by atoms with Crippen LogP contribution < -0.4 is 10.9 Å². The van der Waals surface area contributed by atoms with Crippen LogP contribution in [0.4, 0.5) is 0 Å². The fourth-order valence-electron chi connectivity index (χ4n) is 6.11. The van der Waals surface area contributed by atoms with Crippen LogP contribution in [0.3, 0.4) is 0 Å². The van der Waals surface area contributed by atoms with Crippen LogP contribution in [0.1, 0.15) is 51.4 Å². The van der Waals surface area contributed by atoms with Gasteiger partial charge in [-0.15, -0.1) is 0 Å². The van der Waals surface area contributed by atoms with Gasteiger partial charge in [-0.05, 0) is 69.1 Å². The van der Waals surface area contributed by atoms with Gasteiger partial charge in [0.05, 0.1) is 17.3 Å². The third-order valence-corrected chi connectivity index (χ3v) is 6.91. The second-order valence-corrected chi connectivity index (χ2v) is 8.64. The van der Waals surface area contributed by atoms with Crippen molar-refractivity contribution in [2.24, 2.45) is 35.0 Å². The minimum Gasteiger partial charge on any atom is -0.481 e. The number of hydrogen-bond donors (Lipinski definition) is 3. The first kappa shape index (κ1) is 16.6. The van der Waals surface area contributed by atoms with Crippen molar-refractivity contribution in [1.29, 1.82) is 0 Å². The van der Waals surface area contributed by atoms with E-state index in [4.69, 9.17) is 0 Å². The van der Waals surface area contributed by atoms with Crippen molar-refractivity contribution in [1.82, 2.24) is 10.9 Å². The summed E-state index contributed by atoms with van der Waals surface area (Å²) in [6.07, 6.45) is 11.0. The van der Waals surface area contributed by atoms with Crippen molar-refractivity contribution >= 4 is 17.8 Å². The highest BCUT2D eigenvalue weighted by atomic mass is 16.4. The lowest BCUT2D eigenvalue weighted by Gasteiger charge is -2.55. The lowest BCUT2D eigenvalue weighted by Crippen LogP contribution is -2.57. The first-order chi connectivity index (χ1) is 12.0. The maximum absolute atomic E-state index is 12.8. The number of allylic oxidation sites excluding steroid dienone is 2. The molecule has 0 unspecified atom stereocenters. The molecule has 0 aromatic heterocycles. The van der Waals surface area contributed by atoms with Crippen molar-refractivity contribution in [3.8, 4) is 0 Å². The van der Waals surface area contributed by atoms with Gasteiger partial charge in [-0.1, -0.05) is 12.2 Å². The summed E-state index contributed by atoms with van der Waals surface area (Å²) >= 11 is 0. The van der Waals surface area contributed by atoms with E-state index in [0.29, 0.717) is 30.6 Å². The monoisotopic (exact) mass is 346 g/mol. The van der Waals surface area contributed by atoms with E-state index in [-0.39, 0.29) is 11.3 Å². The summed E-state index contributed by atoms with van der Waals surface area (Å²) in [6.45, 7) is 0. The lowest BCUT2D eigenvalue weighted by molar-refractivity contribution is -0.151. The van der Waals surface area contributed by atoms with Crippen molar-refractivity contribution in [2.45, 2.75) is 51.4 Å². The van der Waals surface area contributed by atoms with Crippen LogP contribution in [0.5, 0.6) is 0 Å². The predicted molar refractivity (Wildman–Crippen MR) is 89.9 cm³/mol. The van der Waals surface area contributed by atoms with E-state index in [0.717, 1.165) is 19.3 Å². The van der Waals surface area contributed by atoms with Crippen LogP contribution in [-0.4, -0.2) is 22.9 Å². The zero-order valence-electron chi connectivity index (χ0n) is 14.4. The molecular formula is C19H26N2O4. The van der Waals surface area contributed by atoms with Crippen molar-refractivity contribution in [3.05, 3.63) is 12.2 Å². The van der Waals surface area contributed by atoms with Crippen molar-refractivity contribution < 1.29 is 19.5 Å². The summed E-state index contributed by atoms with van der Waals surface area (Å²) in [5.41, 5.74) is 4.85. The third kappa shape index (κ3) is 2.96. The number of aliphatic carboxylic acids is 1. The van der Waals surface area contributed by atoms with E-state index in [1.807, 2.05) is 6.08 Å². The van der Waals surface area contributed by atoms with Crippen LogP contribution in [-0.2, 0) is 14.4 Å². The Balaban J connectivity index is 1.38. The molecule has 6 heteroatoms. The molecule has 5 rings (SSSR count). The zero-order valence-corrected chi connectivity index (χ0v) is 14.4. The van der Waals surface area contributed by atoms with E-state index >= 15 is 0 Å². The second-order valence-electron chi connectivity index (χ2n) is 8.64. The molecule has 0 aromatic carbocycles. The van der Waals surface area contributed by atoms with Crippen LogP contribution in [0.15, 0.2) is 12.2 Å². The van der Waals surface area contributed by atoms with Gasteiger partial charge in [0.25, 0.3) is 0 Å². The Labute approximate surface area is 147 Å². The molecule has 0 saturated heterocycles. The molecule has 4 fully saturated rings. The molecular weight excluding hydrogens is 320 g/mol. The molecule has 0 aliphatic heterocycles. The molecule has 5 aliphatic carbocycles. The molecule has 3 N–H and O–H groups in total. The van der Waals surface area contributed by atoms with Gasteiger partial charge < -0.3 is 5.11 Å². The van der Waals surface area contributed by atoms with Crippen molar-refractivity contribution in [3.63, 3.8) is 0 Å². The van der Waals surface area contributed by atoms with Gasteiger partial charge in [-0.2, -0.15) is 0 Å². The van der Waals surface area contributed by atoms with Crippen LogP contribution in [0.2, 0.25) is 0 Å². The molecule has 6 nitrogen and oxygen atoms in total. The summed E-state index contributed by atoms with van der Waals surface area (Å²) in [5, 5.41) is 9.29. The fourth-order valence-corrected chi connectivity index (χ4v) is 6.11. The largest absolute Gasteiger partial charge is 0.481 e. The number of carbonyl (C=O) groups excluding carboxylic acids is 2. The summed E-state index contributed by atoms with van der Waals surface area (Å²) < 4.78 is 0. The number of carboxylic acids is 1. The zero-order chi connectivity index (χ0) is 17.6. The van der Waals surface area contributed by atoms with E-state index in [9.17, 15) is 19.5 Å². The third-order valence-electron chi connectivity index (χ3n) is 6.91. The van der Waals surface area contributed by atoms with Gasteiger partial charge in [0, 0.05) is 0 Å². The smallest absolute Gasteiger partial charge is 0.307 e. The van der Waals surface area contributed by atoms with Gasteiger partial charge in [0.2, 0.25) is 11.8 Å². The minimum atomic E-state index is -0.961. The maximum atomic E-state index is 12.8. The first-order valence-electron chi connectivity index (χ1n) is 9.45. The van der Waals surface area contributed by atoms with Gasteiger partial charge in [0.1, 0.15) is 0 Å². The van der Waals surface area contributed by atoms with E-state index in [1.54, 1.807) is 6.08 Å². The highest BCUT2D eigenvalue weighted by Crippen LogP contribution is 2.60. The Morgan fingerprint density at radius 3 is 1.88 bits per heavy atom. The summed E-state index contributed by atoms with van der Waals surface area (Å²) in [7, 11) is 0. The van der Waals surface area contributed by atoms with E-state index in [2.05, 4.69) is 10.9 Å². The van der Waals surface area contributed by atoms with Crippen LogP contribution in [0, 0.1) is 35.0 Å². The quantitative estimate of drug-likeness (QED) is 0.538. The SMILES string of the molecule is O=C(O)[C@@H]1CC=CC[C@H]1C(=O)NNC(=O)C12CC3CC(CC(C3)C1)C2. The Kier molecular flexibility index (Phi) is 4.08. The average Bonchev–Trinajstić information content (AvgIpc) is 2.58. The average molecular weight is 346 g/mol. The topological polar surface area (TPSA) is 95.5 Å². The summed E-state index contributed by atoms with van der Waals surface area (Å²) in [4.78, 5) is 36.6. The van der Waals surface area contributed by atoms with Gasteiger partial charge in [0.15, 0.2) is 0 Å². The highest BCUT2D eigenvalue weighted by molar-refractivity contribution is 5.89. The minimum absolute atomic E-state index is 0.0711. The number of carboxylic acid groups (broad SMARTS) is 1.